The van der Waals surface area contributed by atoms with E-state index in [1.807, 2.05) is 12.1 Å². The lowest BCUT2D eigenvalue weighted by Gasteiger charge is -2.29. The zero-order chi connectivity index (χ0) is 26.7. The van der Waals surface area contributed by atoms with E-state index in [-0.39, 0.29) is 11.9 Å². The van der Waals surface area contributed by atoms with Gasteiger partial charge >= 0.3 is 6.18 Å². The summed E-state index contributed by atoms with van der Waals surface area (Å²) in [4.78, 5) is 19.7. The van der Waals surface area contributed by atoms with Crippen LogP contribution in [0.3, 0.4) is 0 Å². The van der Waals surface area contributed by atoms with Crippen molar-refractivity contribution in [2.75, 3.05) is 31.2 Å². The molecule has 0 unspecified atom stereocenters. The first kappa shape index (κ1) is 25.4. The van der Waals surface area contributed by atoms with Crippen LogP contribution in [0.2, 0.25) is 0 Å². The summed E-state index contributed by atoms with van der Waals surface area (Å²) in [6.45, 7) is 0.840. The number of nitrogens with zero attached hydrogens (tertiary/aromatic N) is 7. The number of hydrogen-bond donors (Lipinski definition) is 2. The fourth-order valence-corrected chi connectivity index (χ4v) is 4.11. The Hall–Kier alpha value is -4.26. The molecule has 1 aliphatic heterocycles. The molecule has 1 aliphatic rings. The highest BCUT2D eigenvalue weighted by atomic mass is 19.4. The lowest BCUT2D eigenvalue weighted by atomic mass is 10.1. The van der Waals surface area contributed by atoms with E-state index in [1.54, 1.807) is 24.5 Å². The summed E-state index contributed by atoms with van der Waals surface area (Å²) >= 11 is 0. The van der Waals surface area contributed by atoms with Crippen LogP contribution in [-0.4, -0.2) is 67.0 Å². The highest BCUT2D eigenvalue weighted by Gasteiger charge is 2.28. The second-order valence-corrected chi connectivity index (χ2v) is 9.09. The van der Waals surface area contributed by atoms with Gasteiger partial charge in [0.25, 0.3) is 0 Å². The van der Waals surface area contributed by atoms with Crippen LogP contribution in [0.25, 0.3) is 22.6 Å². The Labute approximate surface area is 216 Å². The molecule has 1 fully saturated rings. The maximum atomic E-state index is 12.6. The van der Waals surface area contributed by atoms with Gasteiger partial charge in [0.15, 0.2) is 5.82 Å². The summed E-state index contributed by atoms with van der Waals surface area (Å²) in [6.07, 6.45) is 5.11. The van der Waals surface area contributed by atoms with Gasteiger partial charge in [0.2, 0.25) is 0 Å². The van der Waals surface area contributed by atoms with E-state index in [0.29, 0.717) is 34.1 Å². The molecule has 0 radical (unpaired) electrons. The molecule has 38 heavy (non-hydrogen) atoms. The lowest BCUT2D eigenvalue weighted by molar-refractivity contribution is -0.142. The van der Waals surface area contributed by atoms with Crippen molar-refractivity contribution in [1.82, 2.24) is 34.6 Å². The van der Waals surface area contributed by atoms with Crippen molar-refractivity contribution in [3.05, 3.63) is 55.2 Å². The summed E-state index contributed by atoms with van der Waals surface area (Å²) in [5.74, 6) is 1.77. The average molecular weight is 526 g/mol. The second kappa shape index (κ2) is 10.6. The first-order chi connectivity index (χ1) is 18.2. The van der Waals surface area contributed by atoms with Gasteiger partial charge in [-0.05, 0) is 38.1 Å². The van der Waals surface area contributed by atoms with Gasteiger partial charge < -0.3 is 20.7 Å². The summed E-state index contributed by atoms with van der Waals surface area (Å²) < 4.78 is 44.7. The van der Waals surface area contributed by atoms with Gasteiger partial charge in [-0.15, -0.1) is 0 Å². The van der Waals surface area contributed by atoms with Crippen LogP contribution in [0.5, 0.6) is 5.75 Å². The van der Waals surface area contributed by atoms with Crippen LogP contribution in [0.1, 0.15) is 12.8 Å². The Kier molecular flexibility index (Phi) is 7.09. The standard InChI is InChI=1S/C25H26F3N9O/c1-36-8-5-17(6-9-36)38-18-2-3-21(31-12-18)19-13-32-23(10-20(19)29)34-22-4-7-30-24(35-22)16-11-33-37(14-16)15-25(26,27)28/h2-4,7,10-14,17H,5-6,8-9,15H2,1H3,(H3,29,30,32,34,35). The summed E-state index contributed by atoms with van der Waals surface area (Å²) in [5.41, 5.74) is 8.44. The second-order valence-electron chi connectivity index (χ2n) is 9.09. The Balaban J connectivity index is 1.25. The third-order valence-corrected chi connectivity index (χ3v) is 6.06. The number of rotatable bonds is 7. The monoisotopic (exact) mass is 525 g/mol. The lowest BCUT2D eigenvalue weighted by Crippen LogP contribution is -2.35. The number of hydrogen-bond acceptors (Lipinski definition) is 9. The number of pyridine rings is 2. The van der Waals surface area contributed by atoms with E-state index in [4.69, 9.17) is 10.5 Å². The smallest absolute Gasteiger partial charge is 0.408 e. The SMILES string of the molecule is CN1CCC(Oc2ccc(-c3cnc(Nc4ccnc(-c5cnn(CC(F)(F)F)c5)n4)cc3N)nc2)CC1. The third kappa shape index (κ3) is 6.35. The molecule has 3 N–H and O–H groups in total. The molecular weight excluding hydrogens is 499 g/mol. The van der Waals surface area contributed by atoms with Gasteiger partial charge in [0.1, 0.15) is 30.0 Å². The molecule has 5 rings (SSSR count). The number of halogens is 3. The molecule has 0 atom stereocenters. The van der Waals surface area contributed by atoms with E-state index < -0.39 is 12.7 Å². The van der Waals surface area contributed by atoms with Crippen LogP contribution in [0.4, 0.5) is 30.5 Å². The number of anilines is 3. The van der Waals surface area contributed by atoms with Crippen molar-refractivity contribution in [3.8, 4) is 28.4 Å². The predicted molar refractivity (Wildman–Crippen MR) is 136 cm³/mol. The Bertz CT molecular complexity index is 1380. The maximum absolute atomic E-state index is 12.6. The molecule has 0 amide bonds. The summed E-state index contributed by atoms with van der Waals surface area (Å²) in [7, 11) is 2.11. The minimum atomic E-state index is -4.37. The summed E-state index contributed by atoms with van der Waals surface area (Å²) in [6, 6.07) is 7.00. The average Bonchev–Trinajstić information content (AvgIpc) is 3.33. The van der Waals surface area contributed by atoms with Crippen LogP contribution in [-0.2, 0) is 6.54 Å². The molecule has 0 spiro atoms. The fraction of sp³-hybridized carbons (Fsp3) is 0.320. The minimum Gasteiger partial charge on any atom is -0.489 e. The van der Waals surface area contributed by atoms with Crippen LogP contribution in [0, 0.1) is 0 Å². The molecule has 10 nitrogen and oxygen atoms in total. The molecule has 0 aliphatic carbocycles. The topological polar surface area (TPSA) is 120 Å². The van der Waals surface area contributed by atoms with Crippen molar-refractivity contribution >= 4 is 17.3 Å². The van der Waals surface area contributed by atoms with Gasteiger partial charge in [0, 0.05) is 49.0 Å². The van der Waals surface area contributed by atoms with Gasteiger partial charge in [-0.25, -0.2) is 15.0 Å². The zero-order valence-corrected chi connectivity index (χ0v) is 20.6. The number of alkyl halides is 3. The van der Waals surface area contributed by atoms with Crippen LogP contribution < -0.4 is 15.8 Å². The Morgan fingerprint density at radius 1 is 1.05 bits per heavy atom. The van der Waals surface area contributed by atoms with Crippen molar-refractivity contribution < 1.29 is 17.9 Å². The van der Waals surface area contributed by atoms with Crippen LogP contribution in [0.15, 0.2) is 55.2 Å². The molecule has 0 saturated carbocycles. The molecule has 5 heterocycles. The molecule has 0 aromatic carbocycles. The molecule has 4 aromatic heterocycles. The highest BCUT2D eigenvalue weighted by molar-refractivity contribution is 5.76. The highest BCUT2D eigenvalue weighted by Crippen LogP contribution is 2.28. The number of nitrogen functional groups attached to an aromatic ring is 1. The molecular formula is C25H26F3N9O. The predicted octanol–water partition coefficient (Wildman–Crippen LogP) is 4.16. The molecule has 4 aromatic rings. The molecule has 198 valence electrons. The van der Waals surface area contributed by atoms with Gasteiger partial charge in [-0.2, -0.15) is 18.3 Å². The van der Waals surface area contributed by atoms with Crippen LogP contribution >= 0.6 is 0 Å². The Morgan fingerprint density at radius 3 is 2.58 bits per heavy atom. The number of piperidine rings is 1. The van der Waals surface area contributed by atoms with E-state index in [0.717, 1.165) is 36.4 Å². The van der Waals surface area contributed by atoms with Crippen molar-refractivity contribution in [2.24, 2.45) is 0 Å². The molecule has 1 saturated heterocycles. The van der Waals surface area contributed by atoms with Crippen molar-refractivity contribution in [1.29, 1.82) is 0 Å². The third-order valence-electron chi connectivity index (χ3n) is 6.06. The molecule has 13 heteroatoms. The van der Waals surface area contributed by atoms with Gasteiger partial charge in [-0.3, -0.25) is 9.67 Å². The number of nitrogens with two attached hydrogens (primary N) is 1. The van der Waals surface area contributed by atoms with Gasteiger partial charge in [0.05, 0.1) is 23.7 Å². The van der Waals surface area contributed by atoms with Crippen molar-refractivity contribution in [3.63, 3.8) is 0 Å². The van der Waals surface area contributed by atoms with Gasteiger partial charge in [-0.1, -0.05) is 0 Å². The quantitative estimate of drug-likeness (QED) is 0.366. The fourth-order valence-electron chi connectivity index (χ4n) is 4.11. The number of aromatic nitrogens is 6. The van der Waals surface area contributed by atoms with Crippen molar-refractivity contribution in [2.45, 2.75) is 31.7 Å². The van der Waals surface area contributed by atoms with E-state index in [1.165, 1.54) is 18.6 Å². The Morgan fingerprint density at radius 2 is 1.87 bits per heavy atom. The summed E-state index contributed by atoms with van der Waals surface area (Å²) in [5, 5.41) is 6.77. The van der Waals surface area contributed by atoms with E-state index >= 15 is 0 Å². The van der Waals surface area contributed by atoms with E-state index in [9.17, 15) is 13.2 Å². The maximum Gasteiger partial charge on any atom is 0.408 e. The number of nitrogens with one attached hydrogen (secondary N) is 1. The number of likely N-dealkylation sites (tertiary alicyclic amines) is 1. The normalized spacial score (nSPS) is 14.9. The zero-order valence-electron chi connectivity index (χ0n) is 20.6. The first-order valence-electron chi connectivity index (χ1n) is 12.0. The number of ether oxygens (including phenoxy) is 1. The minimum absolute atomic E-state index is 0.189. The first-order valence-corrected chi connectivity index (χ1v) is 12.0. The molecule has 0 bridgehead atoms. The van der Waals surface area contributed by atoms with E-state index in [2.05, 4.69) is 42.3 Å². The largest absolute Gasteiger partial charge is 0.489 e.